The molecule has 0 amide bonds. The Balaban J connectivity index is 1.31. The molecule has 5 rings (SSSR count). The molecule has 220 valence electrons. The van der Waals surface area contributed by atoms with Crippen molar-refractivity contribution in [2.45, 2.75) is 68.2 Å². The average molecular weight is 606 g/mol. The molecule has 0 spiro atoms. The summed E-state index contributed by atoms with van der Waals surface area (Å²) < 4.78 is 30.1. The highest BCUT2D eigenvalue weighted by atomic mass is 35.5. The summed E-state index contributed by atoms with van der Waals surface area (Å²) in [5, 5.41) is 49.8. The molecule has 3 aromatic heterocycles. The van der Waals surface area contributed by atoms with Crippen LogP contribution in [0.3, 0.4) is 0 Å². The van der Waals surface area contributed by atoms with Gasteiger partial charge >= 0.3 is 7.60 Å². The molecule has 0 unspecified atom stereocenters. The van der Waals surface area contributed by atoms with Crippen LogP contribution in [0.25, 0.3) is 11.0 Å². The van der Waals surface area contributed by atoms with E-state index in [-0.39, 0.29) is 29.4 Å². The minimum atomic E-state index is -5.14. The van der Waals surface area contributed by atoms with Gasteiger partial charge < -0.3 is 44.6 Å². The van der Waals surface area contributed by atoms with Crippen molar-refractivity contribution in [2.75, 3.05) is 25.1 Å². The predicted molar refractivity (Wildman–Crippen MR) is 134 cm³/mol. The maximum absolute atomic E-state index is 12.3. The van der Waals surface area contributed by atoms with Crippen LogP contribution in [0.5, 0.6) is 0 Å². The fourth-order valence-electron chi connectivity index (χ4n) is 4.70. The van der Waals surface area contributed by atoms with Crippen molar-refractivity contribution in [1.82, 2.24) is 40.4 Å². The van der Waals surface area contributed by atoms with E-state index < -0.39 is 57.3 Å². The number of aromatic nitrogens is 8. The lowest BCUT2D eigenvalue weighted by Gasteiger charge is -2.33. The second kappa shape index (κ2) is 11.8. The van der Waals surface area contributed by atoms with Gasteiger partial charge in [0.05, 0.1) is 31.4 Å². The monoisotopic (exact) mass is 605 g/mol. The lowest BCUT2D eigenvalue weighted by Crippen LogP contribution is -2.45. The molecule has 40 heavy (non-hydrogen) atoms. The van der Waals surface area contributed by atoms with Crippen molar-refractivity contribution in [3.8, 4) is 0 Å². The molecule has 20 heteroatoms. The van der Waals surface area contributed by atoms with E-state index in [1.807, 2.05) is 0 Å². The first-order valence-corrected chi connectivity index (χ1v) is 14.4. The van der Waals surface area contributed by atoms with E-state index in [9.17, 15) is 29.7 Å². The Bertz CT molecular complexity index is 1340. The smallest absolute Gasteiger partial charge is 0.361 e. The number of tetrazole rings is 1. The summed E-state index contributed by atoms with van der Waals surface area (Å²) in [6.45, 7) is -2.80. The van der Waals surface area contributed by atoms with Crippen LogP contribution in [0, 0.1) is 0 Å². The van der Waals surface area contributed by atoms with Gasteiger partial charge in [0, 0.05) is 6.04 Å². The molecule has 2 fully saturated rings. The van der Waals surface area contributed by atoms with Crippen LogP contribution in [0.4, 0.5) is 5.82 Å². The molecule has 4 heterocycles. The Hall–Kier alpha value is -2.38. The van der Waals surface area contributed by atoms with E-state index in [1.54, 1.807) is 0 Å². The van der Waals surface area contributed by atoms with Crippen molar-refractivity contribution in [3.05, 3.63) is 17.3 Å². The van der Waals surface area contributed by atoms with E-state index in [0.717, 1.165) is 25.7 Å². The lowest BCUT2D eigenvalue weighted by atomic mass is 10.1. The lowest BCUT2D eigenvalue weighted by molar-refractivity contribution is -0.131. The summed E-state index contributed by atoms with van der Waals surface area (Å²) in [5.74, 6) is 0.589. The Morgan fingerprint density at radius 3 is 2.70 bits per heavy atom. The summed E-state index contributed by atoms with van der Waals surface area (Å²) in [5.41, 5.74) is 0.244. The van der Waals surface area contributed by atoms with Gasteiger partial charge in [-0.2, -0.15) is 20.3 Å². The van der Waals surface area contributed by atoms with E-state index in [4.69, 9.17) is 25.8 Å². The van der Waals surface area contributed by atoms with Crippen LogP contribution in [0.15, 0.2) is 6.20 Å². The zero-order chi connectivity index (χ0) is 28.5. The van der Waals surface area contributed by atoms with Crippen molar-refractivity contribution in [2.24, 2.45) is 0 Å². The molecule has 5 atom stereocenters. The predicted octanol–water partition coefficient (Wildman–Crippen LogP) is -0.934. The first-order valence-electron chi connectivity index (χ1n) is 12.4. The molecule has 0 bridgehead atoms. The van der Waals surface area contributed by atoms with Gasteiger partial charge in [0.25, 0.3) is 0 Å². The number of hydrogen-bond acceptors (Lipinski definition) is 14. The van der Waals surface area contributed by atoms with Gasteiger partial charge in [-0.3, -0.25) is 4.57 Å². The van der Waals surface area contributed by atoms with Crippen LogP contribution in [0.2, 0.25) is 5.28 Å². The fourth-order valence-corrected chi connectivity index (χ4v) is 5.55. The SMILES string of the molecule is O=P(O)(O)[C@@](CO)(COCc1nn[nH]n1)OC[C@H]1O[C@@H](n2ncc3c(NC4CCCC4)nc(Cl)nc32)[C@H](O)[C@@H]1O. The number of nitrogens with one attached hydrogen (secondary N) is 2. The summed E-state index contributed by atoms with van der Waals surface area (Å²) in [4.78, 5) is 28.4. The van der Waals surface area contributed by atoms with Crippen LogP contribution in [-0.4, -0.2) is 115 Å². The minimum Gasteiger partial charge on any atom is -0.393 e. The average Bonchev–Trinajstić information content (AvgIpc) is 3.71. The highest BCUT2D eigenvalue weighted by Crippen LogP contribution is 2.51. The summed E-state index contributed by atoms with van der Waals surface area (Å²) in [7, 11) is -5.14. The number of fused-ring (bicyclic) bond motifs is 1. The molecule has 0 radical (unpaired) electrons. The molecule has 0 aromatic carbocycles. The third kappa shape index (κ3) is 5.82. The van der Waals surface area contributed by atoms with E-state index in [2.05, 4.69) is 41.0 Å². The number of aliphatic hydroxyl groups excluding tert-OH is 3. The largest absolute Gasteiger partial charge is 0.393 e. The zero-order valence-corrected chi connectivity index (χ0v) is 22.6. The highest BCUT2D eigenvalue weighted by Gasteiger charge is 2.51. The highest BCUT2D eigenvalue weighted by molar-refractivity contribution is 7.53. The molecule has 7 N–H and O–H groups in total. The Morgan fingerprint density at radius 2 is 2.02 bits per heavy atom. The molecule has 2 aliphatic rings. The Labute approximate surface area is 231 Å². The second-order valence-corrected chi connectivity index (χ2v) is 11.9. The first-order chi connectivity index (χ1) is 19.1. The van der Waals surface area contributed by atoms with Crippen LogP contribution >= 0.6 is 19.2 Å². The van der Waals surface area contributed by atoms with E-state index >= 15 is 0 Å². The number of nitrogens with zero attached hydrogens (tertiary/aromatic N) is 7. The third-order valence-electron chi connectivity index (χ3n) is 6.94. The van der Waals surface area contributed by atoms with Crippen LogP contribution in [-0.2, 0) is 25.4 Å². The van der Waals surface area contributed by atoms with Gasteiger partial charge in [0.2, 0.25) is 10.6 Å². The first kappa shape index (κ1) is 29.1. The summed E-state index contributed by atoms with van der Waals surface area (Å²) in [6, 6.07) is 0.228. The maximum Gasteiger partial charge on any atom is 0.361 e. The maximum atomic E-state index is 12.3. The van der Waals surface area contributed by atoms with Gasteiger partial charge in [-0.05, 0) is 24.4 Å². The molecule has 1 aliphatic heterocycles. The standard InChI is InChI=1S/C20H29ClN9O9P/c21-19-24-16(23-10-3-1-2-4-10)11-5-22-30(17(11)25-19)18-15(33)14(32)12(39-18)6-38-20(8-31,40(34,35)36)9-37-7-13-26-28-29-27-13/h5,10,12,14-15,18,31-33H,1-4,6-9H2,(H,23,24,25)(H2,34,35,36)(H,26,27,28,29)/t12-,14-,15-,18-,20+/m1/s1. The summed E-state index contributed by atoms with van der Waals surface area (Å²) in [6.07, 6.45) is 0.0711. The molecule has 1 aliphatic carbocycles. The Morgan fingerprint density at radius 1 is 1.25 bits per heavy atom. The number of aliphatic hydroxyl groups is 3. The second-order valence-electron chi connectivity index (χ2n) is 9.62. The van der Waals surface area contributed by atoms with Gasteiger partial charge in [0.1, 0.15) is 30.7 Å². The van der Waals surface area contributed by atoms with Gasteiger partial charge in [-0.1, -0.05) is 18.1 Å². The molecule has 3 aromatic rings. The van der Waals surface area contributed by atoms with Gasteiger partial charge in [0.15, 0.2) is 17.7 Å². The van der Waals surface area contributed by atoms with Crippen molar-refractivity contribution in [1.29, 1.82) is 0 Å². The van der Waals surface area contributed by atoms with Crippen molar-refractivity contribution >= 4 is 36.0 Å². The number of halogens is 1. The number of anilines is 1. The van der Waals surface area contributed by atoms with Gasteiger partial charge in [-0.15, -0.1) is 10.2 Å². The number of H-pyrrole nitrogens is 1. The number of hydrogen-bond donors (Lipinski definition) is 7. The molecular formula is C20H29ClN9O9P. The molecular weight excluding hydrogens is 577 g/mol. The summed E-state index contributed by atoms with van der Waals surface area (Å²) >= 11 is 6.17. The quantitative estimate of drug-likeness (QED) is 0.0971. The molecule has 1 saturated heterocycles. The van der Waals surface area contributed by atoms with Gasteiger partial charge in [-0.25, -0.2) is 4.68 Å². The minimum absolute atomic E-state index is 0.0575. The van der Waals surface area contributed by atoms with Crippen LogP contribution < -0.4 is 5.32 Å². The fraction of sp³-hybridized carbons (Fsp3) is 0.700. The number of ether oxygens (including phenoxy) is 3. The normalized spacial score (nSPS) is 25.6. The van der Waals surface area contributed by atoms with Crippen molar-refractivity contribution < 1.29 is 43.9 Å². The number of rotatable bonds is 12. The van der Waals surface area contributed by atoms with Crippen LogP contribution in [0.1, 0.15) is 37.7 Å². The topological polar surface area (TPSA) is 256 Å². The molecule has 1 saturated carbocycles. The molecule has 18 nitrogen and oxygen atoms in total. The van der Waals surface area contributed by atoms with E-state index in [1.165, 1.54) is 10.9 Å². The zero-order valence-electron chi connectivity index (χ0n) is 20.9. The van der Waals surface area contributed by atoms with E-state index in [0.29, 0.717) is 11.2 Å². The Kier molecular flexibility index (Phi) is 8.63. The third-order valence-corrected chi connectivity index (χ3v) is 8.57. The number of aromatic amines is 1. The van der Waals surface area contributed by atoms with Crippen molar-refractivity contribution in [3.63, 3.8) is 0 Å².